The highest BCUT2D eigenvalue weighted by atomic mass is 16.3. The van der Waals surface area contributed by atoms with Crippen molar-refractivity contribution in [2.45, 2.75) is 19.5 Å². The van der Waals surface area contributed by atoms with Crippen LogP contribution in [0.15, 0.2) is 77.9 Å². The Bertz CT molecular complexity index is 849. The summed E-state index contributed by atoms with van der Waals surface area (Å²) in [5.41, 5.74) is 2.46. The first-order valence-corrected chi connectivity index (χ1v) is 8.73. The third kappa shape index (κ3) is 5.54. The number of rotatable bonds is 8. The molecule has 0 atom stereocenters. The lowest BCUT2D eigenvalue weighted by Crippen LogP contribution is -2.34. The zero-order valence-electron chi connectivity index (χ0n) is 14.9. The summed E-state index contributed by atoms with van der Waals surface area (Å²) in [4.78, 5) is 30.5. The van der Waals surface area contributed by atoms with Gasteiger partial charge in [0.2, 0.25) is 5.91 Å². The normalized spacial score (nSPS) is 10.4. The first-order chi connectivity index (χ1) is 13.2. The van der Waals surface area contributed by atoms with Crippen LogP contribution in [0.25, 0.3) is 0 Å². The quantitative estimate of drug-likeness (QED) is 0.667. The molecule has 0 saturated heterocycles. The molecule has 1 aromatic carbocycles. The SMILES string of the molecule is O=C(CCN(Cc1ccccc1)C(=O)c1ccoc1)NCc1ccncc1. The van der Waals surface area contributed by atoms with Crippen LogP contribution in [0.5, 0.6) is 0 Å². The van der Waals surface area contributed by atoms with Gasteiger partial charge in [-0.1, -0.05) is 30.3 Å². The first kappa shape index (κ1) is 18.4. The van der Waals surface area contributed by atoms with E-state index in [0.717, 1.165) is 11.1 Å². The number of carbonyl (C=O) groups excluding carboxylic acids is 2. The highest BCUT2D eigenvalue weighted by Crippen LogP contribution is 2.11. The lowest BCUT2D eigenvalue weighted by atomic mass is 10.2. The smallest absolute Gasteiger partial charge is 0.257 e. The van der Waals surface area contributed by atoms with Gasteiger partial charge >= 0.3 is 0 Å². The second-order valence-corrected chi connectivity index (χ2v) is 6.11. The Labute approximate surface area is 157 Å². The zero-order valence-corrected chi connectivity index (χ0v) is 14.9. The Morgan fingerprint density at radius 2 is 1.78 bits per heavy atom. The molecular formula is C21H21N3O3. The summed E-state index contributed by atoms with van der Waals surface area (Å²) < 4.78 is 5.02. The molecule has 2 amide bonds. The summed E-state index contributed by atoms with van der Waals surface area (Å²) in [6.45, 7) is 1.19. The monoisotopic (exact) mass is 363 g/mol. The summed E-state index contributed by atoms with van der Waals surface area (Å²) in [7, 11) is 0. The molecule has 27 heavy (non-hydrogen) atoms. The molecule has 3 aromatic rings. The van der Waals surface area contributed by atoms with E-state index >= 15 is 0 Å². The van der Waals surface area contributed by atoms with Crippen LogP contribution in [-0.2, 0) is 17.9 Å². The molecule has 0 saturated carbocycles. The van der Waals surface area contributed by atoms with Crippen molar-refractivity contribution < 1.29 is 14.0 Å². The molecule has 0 unspecified atom stereocenters. The first-order valence-electron chi connectivity index (χ1n) is 8.73. The van der Waals surface area contributed by atoms with E-state index in [1.54, 1.807) is 23.4 Å². The van der Waals surface area contributed by atoms with Gasteiger partial charge in [-0.25, -0.2) is 0 Å². The Hall–Kier alpha value is -3.41. The maximum atomic E-state index is 12.7. The van der Waals surface area contributed by atoms with Gasteiger partial charge in [-0.2, -0.15) is 0 Å². The molecule has 0 fully saturated rings. The molecule has 0 aliphatic carbocycles. The van der Waals surface area contributed by atoms with Gasteiger partial charge in [0.05, 0.1) is 11.8 Å². The van der Waals surface area contributed by atoms with Gasteiger partial charge < -0.3 is 14.6 Å². The van der Waals surface area contributed by atoms with Crippen molar-refractivity contribution in [3.05, 3.63) is 90.1 Å². The van der Waals surface area contributed by atoms with Crippen molar-refractivity contribution in [3.63, 3.8) is 0 Å². The summed E-state index contributed by atoms with van der Waals surface area (Å²) in [6, 6.07) is 15.0. The minimum atomic E-state index is -0.158. The lowest BCUT2D eigenvalue weighted by Gasteiger charge is -2.22. The maximum Gasteiger partial charge on any atom is 0.257 e. The van der Waals surface area contributed by atoms with Gasteiger partial charge in [-0.15, -0.1) is 0 Å². The average molecular weight is 363 g/mol. The zero-order chi connectivity index (χ0) is 18.9. The highest BCUT2D eigenvalue weighted by molar-refractivity contribution is 5.94. The van der Waals surface area contributed by atoms with Crippen LogP contribution >= 0.6 is 0 Å². The number of nitrogens with zero attached hydrogens (tertiary/aromatic N) is 2. The molecule has 0 radical (unpaired) electrons. The van der Waals surface area contributed by atoms with E-state index < -0.39 is 0 Å². The van der Waals surface area contributed by atoms with Crippen molar-refractivity contribution in [2.75, 3.05) is 6.54 Å². The fraction of sp³-hybridized carbons (Fsp3) is 0.190. The van der Waals surface area contributed by atoms with Crippen LogP contribution in [0.3, 0.4) is 0 Å². The maximum absolute atomic E-state index is 12.7. The van der Waals surface area contributed by atoms with Crippen LogP contribution in [0.4, 0.5) is 0 Å². The number of furan rings is 1. The molecular weight excluding hydrogens is 342 g/mol. The minimum absolute atomic E-state index is 0.107. The number of nitrogens with one attached hydrogen (secondary N) is 1. The molecule has 0 bridgehead atoms. The van der Waals surface area contributed by atoms with Crippen molar-refractivity contribution >= 4 is 11.8 Å². The van der Waals surface area contributed by atoms with E-state index in [4.69, 9.17) is 4.42 Å². The third-order valence-corrected chi connectivity index (χ3v) is 4.12. The van der Waals surface area contributed by atoms with Crippen LogP contribution in [-0.4, -0.2) is 28.2 Å². The van der Waals surface area contributed by atoms with Gasteiger partial charge in [0, 0.05) is 38.4 Å². The van der Waals surface area contributed by atoms with E-state index in [-0.39, 0.29) is 18.2 Å². The highest BCUT2D eigenvalue weighted by Gasteiger charge is 2.18. The molecule has 6 heteroatoms. The predicted octanol–water partition coefficient (Wildman–Crippen LogP) is 3.02. The van der Waals surface area contributed by atoms with E-state index in [1.807, 2.05) is 42.5 Å². The van der Waals surface area contributed by atoms with Crippen molar-refractivity contribution in [1.82, 2.24) is 15.2 Å². The molecule has 2 aromatic heterocycles. The van der Waals surface area contributed by atoms with Crippen molar-refractivity contribution in [2.24, 2.45) is 0 Å². The standard InChI is InChI=1S/C21H21N3O3/c25-20(23-14-17-6-10-22-11-7-17)8-12-24(15-18-4-2-1-3-5-18)21(26)19-9-13-27-16-19/h1-7,9-11,13,16H,8,12,14-15H2,(H,23,25). The second-order valence-electron chi connectivity index (χ2n) is 6.11. The number of amides is 2. The van der Waals surface area contributed by atoms with Crippen molar-refractivity contribution in [1.29, 1.82) is 0 Å². The number of aromatic nitrogens is 1. The number of pyridine rings is 1. The number of hydrogen-bond donors (Lipinski definition) is 1. The summed E-state index contributed by atoms with van der Waals surface area (Å²) >= 11 is 0. The largest absolute Gasteiger partial charge is 0.472 e. The van der Waals surface area contributed by atoms with Crippen LogP contribution < -0.4 is 5.32 Å². The lowest BCUT2D eigenvalue weighted by molar-refractivity contribution is -0.121. The fourth-order valence-corrected chi connectivity index (χ4v) is 2.65. The van der Waals surface area contributed by atoms with Crippen molar-refractivity contribution in [3.8, 4) is 0 Å². The number of benzene rings is 1. The van der Waals surface area contributed by atoms with E-state index in [9.17, 15) is 9.59 Å². The Balaban J connectivity index is 1.59. The molecule has 0 spiro atoms. The van der Waals surface area contributed by atoms with E-state index in [2.05, 4.69) is 10.3 Å². The minimum Gasteiger partial charge on any atom is -0.472 e. The molecule has 3 rings (SSSR count). The Morgan fingerprint density at radius 3 is 2.48 bits per heavy atom. The van der Waals surface area contributed by atoms with Gasteiger partial charge in [-0.3, -0.25) is 14.6 Å². The second kappa shape index (κ2) is 9.33. The Kier molecular flexibility index (Phi) is 6.35. The van der Waals surface area contributed by atoms with Gasteiger partial charge in [0.15, 0.2) is 0 Å². The van der Waals surface area contributed by atoms with E-state index in [0.29, 0.717) is 25.2 Å². The van der Waals surface area contributed by atoms with E-state index in [1.165, 1.54) is 12.5 Å². The van der Waals surface area contributed by atoms with Gasteiger partial charge in [-0.05, 0) is 29.3 Å². The third-order valence-electron chi connectivity index (χ3n) is 4.12. The molecule has 138 valence electrons. The fourth-order valence-electron chi connectivity index (χ4n) is 2.65. The predicted molar refractivity (Wildman–Crippen MR) is 101 cm³/mol. The summed E-state index contributed by atoms with van der Waals surface area (Å²) in [6.07, 6.45) is 6.49. The molecule has 0 aliphatic heterocycles. The molecule has 1 N–H and O–H groups in total. The van der Waals surface area contributed by atoms with Crippen LogP contribution in [0, 0.1) is 0 Å². The number of carbonyl (C=O) groups is 2. The Morgan fingerprint density at radius 1 is 1.00 bits per heavy atom. The topological polar surface area (TPSA) is 75.4 Å². The van der Waals surface area contributed by atoms with Gasteiger partial charge in [0.25, 0.3) is 5.91 Å². The summed E-state index contributed by atoms with van der Waals surface area (Å²) in [5.74, 6) is -0.264. The molecule has 0 aliphatic rings. The van der Waals surface area contributed by atoms with Gasteiger partial charge in [0.1, 0.15) is 6.26 Å². The average Bonchev–Trinajstić information content (AvgIpc) is 3.25. The number of hydrogen-bond acceptors (Lipinski definition) is 4. The van der Waals surface area contributed by atoms with Crippen LogP contribution in [0.2, 0.25) is 0 Å². The molecule has 2 heterocycles. The van der Waals surface area contributed by atoms with Crippen LogP contribution in [0.1, 0.15) is 27.9 Å². The summed E-state index contributed by atoms with van der Waals surface area (Å²) in [5, 5.41) is 2.87. The molecule has 6 nitrogen and oxygen atoms in total.